The van der Waals surface area contributed by atoms with E-state index in [1.165, 1.54) is 53.9 Å². The van der Waals surface area contributed by atoms with Gasteiger partial charge in [0, 0.05) is 0 Å². The molecule has 4 heteroatoms. The molecule has 1 unspecified atom stereocenters. The first kappa shape index (κ1) is 34.8. The van der Waals surface area contributed by atoms with Gasteiger partial charge in [-0.2, -0.15) is 0 Å². The summed E-state index contributed by atoms with van der Waals surface area (Å²) in [6, 6.07) is 21.6. The van der Waals surface area contributed by atoms with Gasteiger partial charge >= 0.3 is 226 Å². The number of halogens is 3. The Morgan fingerprint density at radius 1 is 0.632 bits per heavy atom. The molecule has 1 aliphatic carbocycles. The van der Waals surface area contributed by atoms with Gasteiger partial charge in [0.05, 0.1) is 0 Å². The van der Waals surface area contributed by atoms with Gasteiger partial charge in [-0.25, -0.2) is 0 Å². The molecule has 3 aromatic rings. The predicted octanol–water partition coefficient (Wildman–Crippen LogP) is 0.0606. The van der Waals surface area contributed by atoms with Crippen LogP contribution in [0.15, 0.2) is 75.7 Å². The molecule has 0 heterocycles. The summed E-state index contributed by atoms with van der Waals surface area (Å²) in [7, 11) is 0. The number of aryl methyl sites for hydroxylation is 6. The maximum Gasteiger partial charge on any atom is -1.00 e. The zero-order chi connectivity index (χ0) is 25.5. The average Bonchev–Trinajstić information content (AvgIpc) is 3.13. The summed E-state index contributed by atoms with van der Waals surface area (Å²) in [5.74, 6) is 0.519. The second kappa shape index (κ2) is 13.9. The Morgan fingerprint density at radius 3 is 1.24 bits per heavy atom. The molecule has 0 amide bonds. The molecule has 3 aromatic carbocycles. The summed E-state index contributed by atoms with van der Waals surface area (Å²) in [5.41, 5.74) is 14.9. The first-order valence-corrected chi connectivity index (χ1v) is 13.8. The summed E-state index contributed by atoms with van der Waals surface area (Å²) >= 11 is 2.32. The van der Waals surface area contributed by atoms with Gasteiger partial charge in [0.1, 0.15) is 0 Å². The Hall–Kier alpha value is -1.28. The Kier molecular flexibility index (Phi) is 12.7. The normalized spacial score (nSPS) is 13.8. The third-order valence-electron chi connectivity index (χ3n) is 7.65. The zero-order valence-electron chi connectivity index (χ0n) is 23.9. The van der Waals surface area contributed by atoms with E-state index in [0.717, 1.165) is 12.8 Å². The van der Waals surface area contributed by atoms with E-state index >= 15 is 0 Å². The molecule has 38 heavy (non-hydrogen) atoms. The summed E-state index contributed by atoms with van der Waals surface area (Å²) in [6.07, 6.45) is 4.62. The van der Waals surface area contributed by atoms with E-state index in [9.17, 15) is 0 Å². The molecule has 200 valence electrons. The summed E-state index contributed by atoms with van der Waals surface area (Å²) in [5, 5.41) is 0. The smallest absolute Gasteiger partial charge is 1.00 e. The van der Waals surface area contributed by atoms with E-state index in [-0.39, 0.29) is 42.6 Å². The number of benzene rings is 3. The fourth-order valence-corrected chi connectivity index (χ4v) is 7.08. The van der Waals surface area contributed by atoms with Gasteiger partial charge in [0.25, 0.3) is 0 Å². The van der Waals surface area contributed by atoms with Gasteiger partial charge in [0.15, 0.2) is 0 Å². The molecule has 1 atom stereocenters. The third kappa shape index (κ3) is 6.54. The third-order valence-corrected chi connectivity index (χ3v) is 8.39. The van der Waals surface area contributed by atoms with Crippen molar-refractivity contribution >= 4 is 0 Å². The van der Waals surface area contributed by atoms with E-state index in [0.29, 0.717) is 5.92 Å². The first-order chi connectivity index (χ1) is 16.6. The predicted molar refractivity (Wildman–Crippen MR) is 147 cm³/mol. The van der Waals surface area contributed by atoms with E-state index in [1.54, 1.807) is 11.1 Å². The van der Waals surface area contributed by atoms with Gasteiger partial charge in [-0.3, -0.25) is 0 Å². The van der Waals surface area contributed by atoms with Crippen molar-refractivity contribution in [3.63, 3.8) is 0 Å². The maximum absolute atomic E-state index is 2.47. The van der Waals surface area contributed by atoms with Crippen LogP contribution in [0.3, 0.4) is 0 Å². The van der Waals surface area contributed by atoms with Crippen LogP contribution in [-0.2, 0) is 25.9 Å². The van der Waals surface area contributed by atoms with Crippen molar-refractivity contribution in [1.29, 1.82) is 0 Å². The van der Waals surface area contributed by atoms with E-state index in [2.05, 4.69) is 136 Å². The molecular formula is C34H39Cl3Ti. The largest absolute Gasteiger partial charge is 1.00 e. The average molecular weight is 602 g/mol. The molecule has 0 radical (unpaired) electrons. The molecule has 0 aromatic heterocycles. The minimum absolute atomic E-state index is 0. The Morgan fingerprint density at radius 2 is 0.947 bits per heavy atom. The van der Waals surface area contributed by atoms with Gasteiger partial charge in [-0.15, -0.1) is 0 Å². The Bertz CT molecular complexity index is 1160. The van der Waals surface area contributed by atoms with Crippen molar-refractivity contribution in [2.45, 2.75) is 73.6 Å². The van der Waals surface area contributed by atoms with Gasteiger partial charge in [-0.05, 0) is 0 Å². The van der Waals surface area contributed by atoms with Crippen LogP contribution in [0.5, 0.6) is 0 Å². The van der Waals surface area contributed by atoms with E-state index in [4.69, 9.17) is 0 Å². The molecule has 4 rings (SSSR count). The molecule has 0 fully saturated rings. The second-order valence-electron chi connectivity index (χ2n) is 10.9. The topological polar surface area (TPSA) is 0 Å². The minimum Gasteiger partial charge on any atom is -1.00 e. The van der Waals surface area contributed by atoms with Crippen LogP contribution in [-0.4, -0.2) is 0 Å². The first-order valence-electron chi connectivity index (χ1n) is 13.0. The minimum atomic E-state index is -0.336. The summed E-state index contributed by atoms with van der Waals surface area (Å²) in [6.45, 7) is 18.2. The van der Waals surface area contributed by atoms with Crippen molar-refractivity contribution in [2.75, 3.05) is 0 Å². The number of hydrogen-bond donors (Lipinski definition) is 0. The van der Waals surface area contributed by atoms with E-state index in [1.807, 2.05) is 0 Å². The fraction of sp³-hybridized carbons (Fsp3) is 0.353. The number of hydrogen-bond acceptors (Lipinski definition) is 0. The van der Waals surface area contributed by atoms with Crippen molar-refractivity contribution < 1.29 is 57.7 Å². The quantitative estimate of drug-likeness (QED) is 0.277. The second-order valence-corrected chi connectivity index (χ2v) is 11.7. The molecule has 0 N–H and O–H groups in total. The summed E-state index contributed by atoms with van der Waals surface area (Å²) < 4.78 is 1.46. The van der Waals surface area contributed by atoms with Crippen LogP contribution < -0.4 is 37.2 Å². The fourth-order valence-electron chi connectivity index (χ4n) is 6.30. The monoisotopic (exact) mass is 600 g/mol. The van der Waals surface area contributed by atoms with Crippen LogP contribution in [0.25, 0.3) is 0 Å². The molecule has 1 aliphatic rings. The SMILES string of the molecule is CCC(C)C1=C(C(c2cc(C)cc(C)c2)(c2cc(C)cc(C)c2)c2cc(C)cc(C)c2)CC=[C]1[Ti+3].[Cl-].[Cl-].[Cl-]. The van der Waals surface area contributed by atoms with Gasteiger partial charge in [-0.1, -0.05) is 0 Å². The van der Waals surface area contributed by atoms with Gasteiger partial charge in [0.2, 0.25) is 0 Å². The maximum atomic E-state index is 2.47. The van der Waals surface area contributed by atoms with Crippen LogP contribution in [0.2, 0.25) is 0 Å². The molecule has 0 saturated carbocycles. The molecule has 0 bridgehead atoms. The van der Waals surface area contributed by atoms with E-state index < -0.39 is 0 Å². The molecule has 0 nitrogen and oxygen atoms in total. The van der Waals surface area contributed by atoms with Crippen LogP contribution >= 0.6 is 0 Å². The van der Waals surface area contributed by atoms with Crippen molar-refractivity contribution in [1.82, 2.24) is 0 Å². The Balaban J connectivity index is 0.00000241. The zero-order valence-corrected chi connectivity index (χ0v) is 27.7. The number of rotatable bonds is 6. The van der Waals surface area contributed by atoms with Crippen molar-refractivity contribution in [3.8, 4) is 0 Å². The van der Waals surface area contributed by atoms with Crippen LogP contribution in [0.1, 0.15) is 76.8 Å². The summed E-state index contributed by atoms with van der Waals surface area (Å²) in [4.78, 5) is 0. The van der Waals surface area contributed by atoms with Gasteiger partial charge < -0.3 is 37.2 Å². The Labute approximate surface area is 261 Å². The standard InChI is InChI=1S/C34H39.3ClH.Ti/c1-9-28(8)32-11-10-12-33(32)34(29-16-22(2)13-23(3)17-29,30-18-24(4)14-25(5)19-30)31-20-26(6)15-27(7)21-31;;;;/h10,13-21,28H,9,12H2,1-8H3;3*1H;/q;;;;+3/p-3. The molecule has 0 spiro atoms. The number of allylic oxidation sites excluding steroid dienone is 4. The van der Waals surface area contributed by atoms with Crippen molar-refractivity contribution in [3.05, 3.63) is 126 Å². The molecule has 0 saturated heterocycles. The van der Waals surface area contributed by atoms with Crippen LogP contribution in [0.4, 0.5) is 0 Å². The van der Waals surface area contributed by atoms with Crippen LogP contribution in [0, 0.1) is 47.5 Å². The van der Waals surface area contributed by atoms with Crippen molar-refractivity contribution in [2.24, 2.45) is 5.92 Å². The molecular weight excluding hydrogens is 563 g/mol. The molecule has 0 aliphatic heterocycles.